The first-order valence-corrected chi connectivity index (χ1v) is 12.2. The fourth-order valence-electron chi connectivity index (χ4n) is 5.01. The van der Waals surface area contributed by atoms with Crippen LogP contribution >= 0.6 is 0 Å². The highest BCUT2D eigenvalue weighted by atomic mass is 16.5. The van der Waals surface area contributed by atoms with Crippen molar-refractivity contribution in [2.75, 3.05) is 33.3 Å². The van der Waals surface area contributed by atoms with Gasteiger partial charge in [-0.1, -0.05) is 68.3 Å². The van der Waals surface area contributed by atoms with Crippen LogP contribution in [0.4, 0.5) is 4.79 Å². The van der Waals surface area contributed by atoms with E-state index in [-0.39, 0.29) is 25.0 Å². The molecule has 0 aromatic heterocycles. The summed E-state index contributed by atoms with van der Waals surface area (Å²) in [4.78, 5) is 40.9. The van der Waals surface area contributed by atoms with Crippen molar-refractivity contribution in [2.24, 2.45) is 0 Å². The summed E-state index contributed by atoms with van der Waals surface area (Å²) in [5.74, 6) is -1.28. The number of carboxylic acids is 1. The number of alkyl carbamates (subject to hydrolysis) is 1. The van der Waals surface area contributed by atoms with Crippen molar-refractivity contribution >= 4 is 18.0 Å². The molecule has 1 saturated heterocycles. The minimum absolute atomic E-state index is 0.0631. The fourth-order valence-corrected chi connectivity index (χ4v) is 5.01. The Morgan fingerprint density at radius 3 is 2.29 bits per heavy atom. The van der Waals surface area contributed by atoms with Crippen molar-refractivity contribution in [3.05, 3.63) is 59.7 Å². The number of nitrogens with zero attached hydrogens (tertiary/aromatic N) is 2. The van der Waals surface area contributed by atoms with Crippen molar-refractivity contribution < 1.29 is 24.2 Å². The van der Waals surface area contributed by atoms with Gasteiger partial charge in [-0.25, -0.2) is 4.79 Å². The molecule has 8 heteroatoms. The van der Waals surface area contributed by atoms with E-state index in [1.807, 2.05) is 31.2 Å². The van der Waals surface area contributed by atoms with Crippen molar-refractivity contribution in [3.63, 3.8) is 0 Å². The fraction of sp³-hybridized carbons (Fsp3) is 0.444. The number of carbonyl (C=O) groups excluding carboxylic acids is 2. The van der Waals surface area contributed by atoms with Gasteiger partial charge < -0.3 is 20.1 Å². The first kappa shape index (κ1) is 24.7. The Morgan fingerprint density at radius 1 is 1.06 bits per heavy atom. The van der Waals surface area contributed by atoms with Gasteiger partial charge in [0.2, 0.25) is 5.91 Å². The van der Waals surface area contributed by atoms with E-state index in [2.05, 4.69) is 29.6 Å². The summed E-state index contributed by atoms with van der Waals surface area (Å²) < 4.78 is 5.64. The molecule has 2 amide bonds. The predicted molar refractivity (Wildman–Crippen MR) is 132 cm³/mol. The van der Waals surface area contributed by atoms with E-state index in [1.54, 1.807) is 16.8 Å². The van der Waals surface area contributed by atoms with Gasteiger partial charge in [0.15, 0.2) is 0 Å². The highest BCUT2D eigenvalue weighted by molar-refractivity contribution is 5.87. The van der Waals surface area contributed by atoms with Crippen molar-refractivity contribution in [1.82, 2.24) is 15.1 Å². The molecule has 2 atom stereocenters. The number of carboxylic acid groups (broad SMARTS) is 1. The number of unbranched alkanes of at least 4 members (excludes halogenated alkanes) is 1. The van der Waals surface area contributed by atoms with Crippen LogP contribution in [0.5, 0.6) is 0 Å². The zero-order chi connectivity index (χ0) is 24.9. The van der Waals surface area contributed by atoms with E-state index in [0.717, 1.165) is 35.1 Å². The summed E-state index contributed by atoms with van der Waals surface area (Å²) in [6.45, 7) is 3.18. The lowest BCUT2D eigenvalue weighted by molar-refractivity contribution is -0.148. The average Bonchev–Trinajstić information content (AvgIpc) is 3.18. The topological polar surface area (TPSA) is 99.2 Å². The maximum absolute atomic E-state index is 13.2. The molecule has 0 spiro atoms. The molecule has 1 heterocycles. The first-order valence-electron chi connectivity index (χ1n) is 12.2. The molecular weight excluding hydrogens is 446 g/mol. The van der Waals surface area contributed by atoms with Gasteiger partial charge in [-0.3, -0.25) is 14.5 Å². The molecule has 8 nitrogen and oxygen atoms in total. The number of aliphatic carboxylic acids is 1. The Labute approximate surface area is 205 Å². The molecule has 186 valence electrons. The lowest BCUT2D eigenvalue weighted by Crippen LogP contribution is -2.59. The summed E-state index contributed by atoms with van der Waals surface area (Å²) in [5.41, 5.74) is 4.54. The van der Waals surface area contributed by atoms with E-state index in [1.165, 1.54) is 0 Å². The molecule has 1 aliphatic heterocycles. The summed E-state index contributed by atoms with van der Waals surface area (Å²) in [6.07, 6.45) is 1.47. The lowest BCUT2D eigenvalue weighted by Gasteiger charge is -2.38. The van der Waals surface area contributed by atoms with Gasteiger partial charge in [-0.2, -0.15) is 0 Å². The normalized spacial score (nSPS) is 18.5. The summed E-state index contributed by atoms with van der Waals surface area (Å²) in [5, 5.41) is 12.2. The molecule has 2 N–H and O–H groups in total. The van der Waals surface area contributed by atoms with Crippen LogP contribution in [0.1, 0.15) is 43.2 Å². The van der Waals surface area contributed by atoms with E-state index < -0.39 is 24.1 Å². The number of hydrogen-bond donors (Lipinski definition) is 2. The Bertz CT molecular complexity index is 1040. The number of amides is 2. The van der Waals surface area contributed by atoms with Gasteiger partial charge in [0, 0.05) is 25.6 Å². The highest BCUT2D eigenvalue weighted by Crippen LogP contribution is 2.44. The van der Waals surface area contributed by atoms with Gasteiger partial charge in [-0.05, 0) is 35.7 Å². The number of rotatable bonds is 8. The number of fused-ring (bicyclic) bond motifs is 3. The summed E-state index contributed by atoms with van der Waals surface area (Å²) in [6, 6.07) is 14.7. The molecule has 1 unspecified atom stereocenters. The number of benzene rings is 2. The molecular formula is C27H33N3O5. The quantitative estimate of drug-likeness (QED) is 0.603. The Hall–Kier alpha value is -3.39. The van der Waals surface area contributed by atoms with Gasteiger partial charge in [-0.15, -0.1) is 0 Å². The van der Waals surface area contributed by atoms with Gasteiger partial charge >= 0.3 is 12.1 Å². The predicted octanol–water partition coefficient (Wildman–Crippen LogP) is 3.31. The molecule has 1 fully saturated rings. The number of ether oxygens (including phenoxy) is 1. The molecule has 2 aromatic rings. The van der Waals surface area contributed by atoms with Crippen LogP contribution in [-0.2, 0) is 14.3 Å². The third kappa shape index (κ3) is 5.32. The Morgan fingerprint density at radius 2 is 1.69 bits per heavy atom. The molecule has 4 rings (SSSR count). The van der Waals surface area contributed by atoms with Crippen LogP contribution in [0, 0.1) is 0 Å². The molecule has 1 aliphatic carbocycles. The van der Waals surface area contributed by atoms with Gasteiger partial charge in [0.1, 0.15) is 18.7 Å². The van der Waals surface area contributed by atoms with E-state index >= 15 is 0 Å². The molecule has 35 heavy (non-hydrogen) atoms. The molecule has 2 aromatic carbocycles. The van der Waals surface area contributed by atoms with E-state index in [9.17, 15) is 19.5 Å². The SMILES string of the molecule is CCCC[C@H](NC(=O)OCC1c2ccccc2-c2ccccc21)C(=O)N1CCN(C)C(C(=O)O)C1. The third-order valence-corrected chi connectivity index (χ3v) is 7.02. The number of nitrogens with one attached hydrogen (secondary N) is 1. The van der Waals surface area contributed by atoms with Crippen molar-refractivity contribution in [2.45, 2.75) is 44.2 Å². The lowest BCUT2D eigenvalue weighted by atomic mass is 9.98. The second kappa shape index (κ2) is 10.9. The largest absolute Gasteiger partial charge is 0.480 e. The standard InChI is InChI=1S/C27H33N3O5/c1-3-4-13-23(25(31)30-15-14-29(2)24(16-30)26(32)33)28-27(34)35-17-22-20-11-7-5-9-18(20)19-10-6-8-12-21(19)22/h5-12,22-24H,3-4,13-17H2,1-2H3,(H,28,34)(H,32,33)/t23-,24?/m0/s1. The molecule has 2 aliphatic rings. The zero-order valence-corrected chi connectivity index (χ0v) is 20.3. The number of carbonyl (C=O) groups is 3. The average molecular weight is 480 g/mol. The molecule has 0 radical (unpaired) electrons. The van der Waals surface area contributed by atoms with Crippen LogP contribution in [0.15, 0.2) is 48.5 Å². The molecule has 0 saturated carbocycles. The maximum atomic E-state index is 13.2. The van der Waals surface area contributed by atoms with Crippen LogP contribution in [0.3, 0.4) is 0 Å². The summed E-state index contributed by atoms with van der Waals surface area (Å²) in [7, 11) is 1.74. The number of hydrogen-bond acceptors (Lipinski definition) is 5. The van der Waals surface area contributed by atoms with Crippen LogP contribution in [0.2, 0.25) is 0 Å². The highest BCUT2D eigenvalue weighted by Gasteiger charge is 2.35. The maximum Gasteiger partial charge on any atom is 0.407 e. The van der Waals surface area contributed by atoms with Gasteiger partial charge in [0.25, 0.3) is 0 Å². The Balaban J connectivity index is 1.41. The van der Waals surface area contributed by atoms with Crippen LogP contribution in [0.25, 0.3) is 11.1 Å². The Kier molecular flexibility index (Phi) is 7.70. The van der Waals surface area contributed by atoms with Crippen molar-refractivity contribution in [3.8, 4) is 11.1 Å². The van der Waals surface area contributed by atoms with Crippen molar-refractivity contribution in [1.29, 1.82) is 0 Å². The third-order valence-electron chi connectivity index (χ3n) is 7.02. The number of likely N-dealkylation sites (N-methyl/N-ethyl adjacent to an activating group) is 1. The second-order valence-electron chi connectivity index (χ2n) is 9.28. The molecule has 0 bridgehead atoms. The zero-order valence-electron chi connectivity index (χ0n) is 20.3. The minimum Gasteiger partial charge on any atom is -0.480 e. The first-order chi connectivity index (χ1) is 16.9. The summed E-state index contributed by atoms with van der Waals surface area (Å²) >= 11 is 0. The minimum atomic E-state index is -0.959. The van der Waals surface area contributed by atoms with Gasteiger partial charge in [0.05, 0.1) is 0 Å². The second-order valence-corrected chi connectivity index (χ2v) is 9.28. The smallest absolute Gasteiger partial charge is 0.407 e. The monoisotopic (exact) mass is 479 g/mol. The van der Waals surface area contributed by atoms with E-state index in [0.29, 0.717) is 19.5 Å². The number of piperazine rings is 1. The van der Waals surface area contributed by atoms with E-state index in [4.69, 9.17) is 4.74 Å². The van der Waals surface area contributed by atoms with Crippen LogP contribution in [-0.4, -0.2) is 78.2 Å². The van der Waals surface area contributed by atoms with Crippen LogP contribution < -0.4 is 5.32 Å².